The molecule has 2 aromatic carbocycles. The van der Waals surface area contributed by atoms with E-state index >= 15 is 0 Å². The van der Waals surface area contributed by atoms with E-state index in [0.717, 1.165) is 22.2 Å². The summed E-state index contributed by atoms with van der Waals surface area (Å²) in [4.78, 5) is 25.6. The number of halogens is 4. The molecule has 0 unspecified atom stereocenters. The molecule has 2 N–H and O–H groups in total. The smallest absolute Gasteiger partial charge is 0.325 e. The van der Waals surface area contributed by atoms with Gasteiger partial charge in [-0.1, -0.05) is 22.0 Å². The fourth-order valence-electron chi connectivity index (χ4n) is 2.48. The molecule has 0 aliphatic heterocycles. The number of aryl methyl sites for hydroxylation is 1. The minimum atomic E-state index is -4.49. The van der Waals surface area contributed by atoms with Crippen molar-refractivity contribution in [1.29, 1.82) is 0 Å². The lowest BCUT2D eigenvalue weighted by Gasteiger charge is -2.17. The Balaban J connectivity index is 1.87. The molecule has 9 heteroatoms. The molecule has 5 nitrogen and oxygen atoms in total. The Kier molecular flexibility index (Phi) is 7.20. The number of anilines is 2. The highest BCUT2D eigenvalue weighted by atomic mass is 79.9. The quantitative estimate of drug-likeness (QED) is 0.680. The van der Waals surface area contributed by atoms with Crippen LogP contribution in [0, 0.1) is 6.92 Å². The van der Waals surface area contributed by atoms with Gasteiger partial charge in [0, 0.05) is 15.8 Å². The van der Waals surface area contributed by atoms with E-state index in [1.807, 2.05) is 13.0 Å². The molecule has 0 aliphatic carbocycles. The number of likely N-dealkylation sites (N-methyl/N-ethyl adjacent to an activating group) is 1. The molecule has 0 aromatic heterocycles. The Labute approximate surface area is 169 Å². The van der Waals surface area contributed by atoms with Crippen LogP contribution in [0.4, 0.5) is 24.5 Å². The third-order valence-electron chi connectivity index (χ3n) is 3.76. The molecule has 0 fully saturated rings. The number of nitrogens with one attached hydrogen (secondary N) is 2. The van der Waals surface area contributed by atoms with Gasteiger partial charge in [0.05, 0.1) is 18.7 Å². The van der Waals surface area contributed by atoms with Gasteiger partial charge in [-0.05, 0) is 55.9 Å². The molecule has 0 aliphatic rings. The van der Waals surface area contributed by atoms with E-state index in [0.29, 0.717) is 5.69 Å². The highest BCUT2D eigenvalue weighted by Crippen LogP contribution is 2.30. The van der Waals surface area contributed by atoms with Crippen LogP contribution in [-0.4, -0.2) is 36.9 Å². The highest BCUT2D eigenvalue weighted by molar-refractivity contribution is 9.10. The molecule has 0 bridgehead atoms. The number of rotatable bonds is 6. The van der Waals surface area contributed by atoms with Crippen LogP contribution < -0.4 is 10.6 Å². The molecule has 150 valence electrons. The third-order valence-corrected chi connectivity index (χ3v) is 4.26. The van der Waals surface area contributed by atoms with Gasteiger partial charge in [0.15, 0.2) is 0 Å². The van der Waals surface area contributed by atoms with Crippen LogP contribution >= 0.6 is 15.9 Å². The zero-order valence-corrected chi connectivity index (χ0v) is 16.8. The van der Waals surface area contributed by atoms with Crippen molar-refractivity contribution in [3.8, 4) is 0 Å². The van der Waals surface area contributed by atoms with Gasteiger partial charge in [-0.25, -0.2) is 0 Å². The molecule has 2 aromatic rings. The second-order valence-electron chi connectivity index (χ2n) is 6.31. The van der Waals surface area contributed by atoms with E-state index < -0.39 is 17.6 Å². The number of alkyl halides is 3. The lowest BCUT2D eigenvalue weighted by molar-refractivity contribution is -0.137. The van der Waals surface area contributed by atoms with Crippen molar-refractivity contribution in [2.45, 2.75) is 13.1 Å². The van der Waals surface area contributed by atoms with Crippen LogP contribution in [0.25, 0.3) is 0 Å². The largest absolute Gasteiger partial charge is 0.416 e. The molecule has 0 atom stereocenters. The van der Waals surface area contributed by atoms with E-state index in [1.165, 1.54) is 17.0 Å². The van der Waals surface area contributed by atoms with Gasteiger partial charge in [0.25, 0.3) is 0 Å². The molecule has 0 spiro atoms. The first-order valence-corrected chi connectivity index (χ1v) is 9.05. The van der Waals surface area contributed by atoms with Gasteiger partial charge in [-0.15, -0.1) is 0 Å². The topological polar surface area (TPSA) is 61.4 Å². The van der Waals surface area contributed by atoms with Gasteiger partial charge in [0.2, 0.25) is 11.8 Å². The second kappa shape index (κ2) is 9.20. The minimum absolute atomic E-state index is 0.0446. The first-order valence-electron chi connectivity index (χ1n) is 8.26. The van der Waals surface area contributed by atoms with E-state index in [-0.39, 0.29) is 24.7 Å². The van der Waals surface area contributed by atoms with E-state index in [4.69, 9.17) is 0 Å². The summed E-state index contributed by atoms with van der Waals surface area (Å²) in [6, 6.07) is 9.80. The van der Waals surface area contributed by atoms with E-state index in [2.05, 4.69) is 26.6 Å². The highest BCUT2D eigenvalue weighted by Gasteiger charge is 2.30. The normalized spacial score (nSPS) is 11.4. The van der Waals surface area contributed by atoms with Gasteiger partial charge in [-0.3, -0.25) is 14.5 Å². The Morgan fingerprint density at radius 1 is 1.04 bits per heavy atom. The zero-order chi connectivity index (χ0) is 20.9. The number of hydrogen-bond acceptors (Lipinski definition) is 3. The van der Waals surface area contributed by atoms with Gasteiger partial charge in [0.1, 0.15) is 0 Å². The Morgan fingerprint density at radius 2 is 1.68 bits per heavy atom. The average molecular weight is 458 g/mol. The predicted molar refractivity (Wildman–Crippen MR) is 105 cm³/mol. The van der Waals surface area contributed by atoms with Crippen LogP contribution in [0.5, 0.6) is 0 Å². The first kappa shape index (κ1) is 21.9. The zero-order valence-electron chi connectivity index (χ0n) is 15.2. The molecular formula is C19H19BrF3N3O2. The number of amides is 2. The van der Waals surface area contributed by atoms with E-state index in [9.17, 15) is 22.8 Å². The van der Waals surface area contributed by atoms with Crippen LogP contribution in [0.1, 0.15) is 11.1 Å². The Bertz CT molecular complexity index is 872. The van der Waals surface area contributed by atoms with Crippen molar-refractivity contribution in [3.05, 3.63) is 58.1 Å². The maximum Gasteiger partial charge on any atom is 0.416 e. The summed E-state index contributed by atoms with van der Waals surface area (Å²) >= 11 is 3.34. The van der Waals surface area contributed by atoms with Crippen LogP contribution in [0.2, 0.25) is 0 Å². The number of benzene rings is 2. The summed E-state index contributed by atoms with van der Waals surface area (Å²) < 4.78 is 39.1. The number of nitrogens with zero attached hydrogens (tertiary/aromatic N) is 1. The average Bonchev–Trinajstić information content (AvgIpc) is 2.56. The van der Waals surface area contributed by atoms with Crippen molar-refractivity contribution in [2.24, 2.45) is 0 Å². The summed E-state index contributed by atoms with van der Waals surface area (Å²) in [5, 5.41) is 5.16. The number of carbonyl (C=O) groups excluding carboxylic acids is 2. The first-order chi connectivity index (χ1) is 13.0. The molecular weight excluding hydrogens is 439 g/mol. The fourth-order valence-corrected chi connectivity index (χ4v) is 2.95. The second-order valence-corrected chi connectivity index (χ2v) is 7.22. The van der Waals surface area contributed by atoms with Crippen molar-refractivity contribution >= 4 is 39.1 Å². The predicted octanol–water partition coefficient (Wildman–Crippen LogP) is 4.29. The van der Waals surface area contributed by atoms with Crippen molar-refractivity contribution < 1.29 is 22.8 Å². The number of hydrogen-bond donors (Lipinski definition) is 2. The Hall–Kier alpha value is -2.39. The fraction of sp³-hybridized carbons (Fsp3) is 0.263. The summed E-state index contributed by atoms with van der Waals surface area (Å²) in [6.45, 7) is 1.65. The van der Waals surface area contributed by atoms with Crippen LogP contribution in [-0.2, 0) is 15.8 Å². The molecule has 0 saturated heterocycles. The lowest BCUT2D eigenvalue weighted by Crippen LogP contribution is -2.36. The van der Waals surface area contributed by atoms with Crippen molar-refractivity contribution in [1.82, 2.24) is 4.90 Å². The Morgan fingerprint density at radius 3 is 2.29 bits per heavy atom. The molecule has 0 heterocycles. The van der Waals surface area contributed by atoms with Crippen molar-refractivity contribution in [3.63, 3.8) is 0 Å². The summed E-state index contributed by atoms with van der Waals surface area (Å²) in [5.74, 6) is -0.825. The molecule has 2 rings (SSSR count). The summed E-state index contributed by atoms with van der Waals surface area (Å²) in [7, 11) is 1.57. The number of carbonyl (C=O) groups is 2. The van der Waals surface area contributed by atoms with Crippen LogP contribution in [0.15, 0.2) is 46.9 Å². The minimum Gasteiger partial charge on any atom is -0.325 e. The molecule has 0 radical (unpaired) electrons. The SMILES string of the molecule is Cc1cc(Br)ccc1NC(=O)CN(C)CC(=O)Nc1cccc(C(F)(F)F)c1. The molecule has 2 amide bonds. The molecule has 0 saturated carbocycles. The van der Waals surface area contributed by atoms with Gasteiger partial charge < -0.3 is 10.6 Å². The maximum atomic E-state index is 12.7. The van der Waals surface area contributed by atoms with Gasteiger partial charge >= 0.3 is 6.18 Å². The lowest BCUT2D eigenvalue weighted by atomic mass is 10.2. The third kappa shape index (κ3) is 6.65. The summed E-state index contributed by atoms with van der Waals surface area (Å²) in [5.41, 5.74) is 0.744. The molecule has 28 heavy (non-hydrogen) atoms. The standard InChI is InChI=1S/C19H19BrF3N3O2/c1-12-8-14(20)6-7-16(12)25-18(28)11-26(2)10-17(27)24-15-5-3-4-13(9-15)19(21,22)23/h3-9H,10-11H2,1-2H3,(H,24,27)(H,25,28). The van der Waals surface area contributed by atoms with Crippen LogP contribution in [0.3, 0.4) is 0 Å². The van der Waals surface area contributed by atoms with Gasteiger partial charge in [-0.2, -0.15) is 13.2 Å². The van der Waals surface area contributed by atoms with E-state index in [1.54, 1.807) is 19.2 Å². The summed E-state index contributed by atoms with van der Waals surface area (Å²) in [6.07, 6.45) is -4.49. The monoisotopic (exact) mass is 457 g/mol. The maximum absolute atomic E-state index is 12.7. The van der Waals surface area contributed by atoms with Crippen molar-refractivity contribution in [2.75, 3.05) is 30.8 Å².